The molecule has 8 heteroatoms. The minimum Gasteiger partial charge on any atom is -0.355 e. The molecule has 0 aliphatic carbocycles. The minimum absolute atomic E-state index is 0.223. The molecule has 146 valence electrons. The molecule has 0 bridgehead atoms. The molecule has 1 amide bonds. The van der Waals surface area contributed by atoms with Gasteiger partial charge in [0.05, 0.1) is 22.0 Å². The van der Waals surface area contributed by atoms with Crippen LogP contribution in [-0.2, 0) is 21.2 Å². The topological polar surface area (TPSA) is 66.5 Å². The van der Waals surface area contributed by atoms with E-state index in [0.29, 0.717) is 17.3 Å². The van der Waals surface area contributed by atoms with Gasteiger partial charge in [-0.15, -0.1) is 0 Å². The Balaban J connectivity index is 1.92. The van der Waals surface area contributed by atoms with Crippen molar-refractivity contribution in [1.29, 1.82) is 0 Å². The number of nitrogens with zero attached hydrogens (tertiary/aromatic N) is 1. The van der Waals surface area contributed by atoms with E-state index in [1.54, 1.807) is 0 Å². The molecule has 0 aliphatic heterocycles. The first-order valence-corrected chi connectivity index (χ1v) is 11.0. The van der Waals surface area contributed by atoms with Crippen LogP contribution < -0.4 is 9.62 Å². The van der Waals surface area contributed by atoms with Crippen molar-refractivity contribution in [1.82, 2.24) is 5.32 Å². The Kier molecular flexibility index (Phi) is 7.53. The Bertz CT molecular complexity index is 900. The van der Waals surface area contributed by atoms with Gasteiger partial charge in [0, 0.05) is 6.54 Å². The first-order chi connectivity index (χ1) is 12.7. The fourth-order valence-corrected chi connectivity index (χ4v) is 3.64. The van der Waals surface area contributed by atoms with Crippen molar-refractivity contribution in [2.24, 2.45) is 0 Å². The number of sulfonamides is 1. The second-order valence-electron chi connectivity index (χ2n) is 6.31. The largest absolute Gasteiger partial charge is 0.355 e. The van der Waals surface area contributed by atoms with Gasteiger partial charge in [0.2, 0.25) is 15.9 Å². The zero-order valence-electron chi connectivity index (χ0n) is 15.2. The lowest BCUT2D eigenvalue weighted by molar-refractivity contribution is -0.119. The number of benzene rings is 2. The molecule has 0 fully saturated rings. The van der Waals surface area contributed by atoms with Crippen LogP contribution in [0, 0.1) is 6.92 Å². The summed E-state index contributed by atoms with van der Waals surface area (Å²) in [4.78, 5) is 12.2. The van der Waals surface area contributed by atoms with Crippen molar-refractivity contribution >= 4 is 44.8 Å². The number of carbonyl (C=O) groups excluding carboxylic acids is 1. The predicted molar refractivity (Wildman–Crippen MR) is 111 cm³/mol. The lowest BCUT2D eigenvalue weighted by Crippen LogP contribution is -2.40. The summed E-state index contributed by atoms with van der Waals surface area (Å²) >= 11 is 11.8. The first-order valence-electron chi connectivity index (χ1n) is 8.42. The molecule has 0 atom stereocenters. The van der Waals surface area contributed by atoms with Gasteiger partial charge in [-0.25, -0.2) is 8.42 Å². The summed E-state index contributed by atoms with van der Waals surface area (Å²) in [6, 6.07) is 12.7. The van der Waals surface area contributed by atoms with E-state index in [4.69, 9.17) is 23.2 Å². The van der Waals surface area contributed by atoms with Crippen LogP contribution in [0.5, 0.6) is 0 Å². The number of hydrogen-bond donors (Lipinski definition) is 1. The zero-order chi connectivity index (χ0) is 20.0. The number of rotatable bonds is 8. The monoisotopic (exact) mass is 428 g/mol. The van der Waals surface area contributed by atoms with Gasteiger partial charge in [0.1, 0.15) is 6.54 Å². The summed E-state index contributed by atoms with van der Waals surface area (Å²) < 4.78 is 25.2. The highest BCUT2D eigenvalue weighted by Gasteiger charge is 2.21. The smallest absolute Gasteiger partial charge is 0.240 e. The summed E-state index contributed by atoms with van der Waals surface area (Å²) in [5, 5.41) is 3.30. The number of anilines is 1. The Morgan fingerprint density at radius 3 is 2.33 bits per heavy atom. The molecule has 0 saturated carbocycles. The number of hydrogen-bond acceptors (Lipinski definition) is 3. The van der Waals surface area contributed by atoms with Gasteiger partial charge in [-0.05, 0) is 43.5 Å². The van der Waals surface area contributed by atoms with E-state index in [9.17, 15) is 13.2 Å². The molecule has 1 N–H and O–H groups in total. The van der Waals surface area contributed by atoms with Crippen molar-refractivity contribution in [3.63, 3.8) is 0 Å². The summed E-state index contributed by atoms with van der Waals surface area (Å²) in [6.45, 7) is 2.18. The highest BCUT2D eigenvalue weighted by molar-refractivity contribution is 7.92. The number of amides is 1. The van der Waals surface area contributed by atoms with Gasteiger partial charge in [-0.2, -0.15) is 0 Å². The van der Waals surface area contributed by atoms with E-state index < -0.39 is 10.0 Å². The number of halogens is 2. The van der Waals surface area contributed by atoms with Crippen LogP contribution in [0.3, 0.4) is 0 Å². The molecule has 2 rings (SSSR count). The SMILES string of the molecule is Cc1ccc(CCCNC(=O)CN(c2ccc(Cl)c(Cl)c2)S(C)(=O)=O)cc1. The first kappa shape index (κ1) is 21.5. The van der Waals surface area contributed by atoms with Gasteiger partial charge in [0.25, 0.3) is 0 Å². The molecule has 0 saturated heterocycles. The fourth-order valence-electron chi connectivity index (χ4n) is 2.50. The molecule has 0 radical (unpaired) electrons. The molecule has 0 unspecified atom stereocenters. The van der Waals surface area contributed by atoms with Crippen LogP contribution in [-0.4, -0.2) is 33.7 Å². The van der Waals surface area contributed by atoms with Crippen molar-refractivity contribution in [2.45, 2.75) is 19.8 Å². The Morgan fingerprint density at radius 1 is 1.07 bits per heavy atom. The van der Waals surface area contributed by atoms with Crippen LogP contribution >= 0.6 is 23.2 Å². The third kappa shape index (κ3) is 6.72. The van der Waals surface area contributed by atoms with E-state index >= 15 is 0 Å². The Labute approximate surface area is 170 Å². The van der Waals surface area contributed by atoms with Crippen LogP contribution in [0.25, 0.3) is 0 Å². The van der Waals surface area contributed by atoms with Crippen LogP contribution in [0.1, 0.15) is 17.5 Å². The summed E-state index contributed by atoms with van der Waals surface area (Å²) in [5.41, 5.74) is 2.69. The molecule has 2 aromatic carbocycles. The van der Waals surface area contributed by atoms with Crippen molar-refractivity contribution in [2.75, 3.05) is 23.7 Å². The Morgan fingerprint density at radius 2 is 1.74 bits per heavy atom. The van der Waals surface area contributed by atoms with Crippen molar-refractivity contribution < 1.29 is 13.2 Å². The maximum Gasteiger partial charge on any atom is 0.240 e. The lowest BCUT2D eigenvalue weighted by Gasteiger charge is -2.22. The molecule has 0 aliphatic rings. The molecule has 2 aromatic rings. The quantitative estimate of drug-likeness (QED) is 0.649. The Hall–Kier alpha value is -1.76. The lowest BCUT2D eigenvalue weighted by atomic mass is 10.1. The highest BCUT2D eigenvalue weighted by atomic mass is 35.5. The molecule has 27 heavy (non-hydrogen) atoms. The van der Waals surface area contributed by atoms with Gasteiger partial charge in [0.15, 0.2) is 0 Å². The number of aryl methyl sites for hydroxylation is 2. The van der Waals surface area contributed by atoms with Gasteiger partial charge in [-0.3, -0.25) is 9.10 Å². The average Bonchev–Trinajstić information content (AvgIpc) is 2.60. The molecular weight excluding hydrogens is 407 g/mol. The number of nitrogens with one attached hydrogen (secondary N) is 1. The maximum absolute atomic E-state index is 12.2. The summed E-state index contributed by atoms with van der Waals surface area (Å²) in [6.07, 6.45) is 2.64. The predicted octanol–water partition coefficient (Wildman–Crippen LogP) is 3.82. The third-order valence-electron chi connectivity index (χ3n) is 3.96. The van der Waals surface area contributed by atoms with Gasteiger partial charge in [-0.1, -0.05) is 53.0 Å². The van der Waals surface area contributed by atoms with E-state index in [2.05, 4.69) is 29.6 Å². The molecular formula is C19H22Cl2N2O3S. The van der Waals surface area contributed by atoms with Crippen LogP contribution in [0.2, 0.25) is 10.0 Å². The van der Waals surface area contributed by atoms with Gasteiger partial charge < -0.3 is 5.32 Å². The van der Waals surface area contributed by atoms with E-state index in [1.165, 1.54) is 29.3 Å². The van der Waals surface area contributed by atoms with Crippen LogP contribution in [0.4, 0.5) is 5.69 Å². The summed E-state index contributed by atoms with van der Waals surface area (Å²) in [5.74, 6) is -0.379. The normalized spacial score (nSPS) is 11.3. The maximum atomic E-state index is 12.2. The fraction of sp³-hybridized carbons (Fsp3) is 0.316. The van der Waals surface area contributed by atoms with E-state index in [-0.39, 0.29) is 17.5 Å². The highest BCUT2D eigenvalue weighted by Crippen LogP contribution is 2.28. The van der Waals surface area contributed by atoms with Gasteiger partial charge >= 0.3 is 0 Å². The molecule has 0 aromatic heterocycles. The van der Waals surface area contributed by atoms with Crippen molar-refractivity contribution in [3.8, 4) is 0 Å². The zero-order valence-corrected chi connectivity index (χ0v) is 17.5. The minimum atomic E-state index is -3.65. The number of carbonyl (C=O) groups is 1. The third-order valence-corrected chi connectivity index (χ3v) is 5.84. The standard InChI is InChI=1S/C19H22Cl2N2O3S/c1-14-5-7-15(8-6-14)4-3-11-22-19(24)13-23(27(2,25)26)16-9-10-17(20)18(21)12-16/h5-10,12H,3-4,11,13H2,1-2H3,(H,22,24). The molecule has 0 heterocycles. The summed E-state index contributed by atoms with van der Waals surface area (Å²) in [7, 11) is -3.65. The molecule has 0 spiro atoms. The van der Waals surface area contributed by atoms with Crippen LogP contribution in [0.15, 0.2) is 42.5 Å². The second-order valence-corrected chi connectivity index (χ2v) is 9.03. The second kappa shape index (κ2) is 9.44. The van der Waals surface area contributed by atoms with E-state index in [0.717, 1.165) is 23.4 Å². The van der Waals surface area contributed by atoms with E-state index in [1.807, 2.05) is 6.92 Å². The van der Waals surface area contributed by atoms with Crippen molar-refractivity contribution in [3.05, 3.63) is 63.6 Å². The molecule has 5 nitrogen and oxygen atoms in total. The average molecular weight is 429 g/mol.